The number of halogens is 1. The molecule has 0 aliphatic carbocycles. The van der Waals surface area contributed by atoms with Crippen molar-refractivity contribution in [2.75, 3.05) is 25.1 Å². The largest absolute Gasteiger partial charge is 0.382 e. The molecule has 1 aromatic carbocycles. The number of carbonyl (C=O) groups excluding carboxylic acids is 2. The summed E-state index contributed by atoms with van der Waals surface area (Å²) in [4.78, 5) is 23.9. The summed E-state index contributed by atoms with van der Waals surface area (Å²) in [5.41, 5.74) is 0.429. The average Bonchev–Trinajstić information content (AvgIpc) is 3.07. The summed E-state index contributed by atoms with van der Waals surface area (Å²) in [5.74, 6) is -1.29. The lowest BCUT2D eigenvalue weighted by molar-refractivity contribution is 0.0942. The Morgan fingerprint density at radius 3 is 2.50 bits per heavy atom. The SMILES string of the molecule is CCOCCCNC(=O)c1nnc(C(=O)Nc2ccc(F)cc2)s1. The molecule has 1 aromatic heterocycles. The number of aromatic nitrogens is 2. The highest BCUT2D eigenvalue weighted by atomic mass is 32.1. The minimum absolute atomic E-state index is 0.0544. The first-order valence-corrected chi connectivity index (χ1v) is 8.18. The third-order valence-corrected chi connectivity index (χ3v) is 3.79. The predicted molar refractivity (Wildman–Crippen MR) is 87.7 cm³/mol. The van der Waals surface area contributed by atoms with Crippen molar-refractivity contribution >= 4 is 28.8 Å². The monoisotopic (exact) mass is 352 g/mol. The summed E-state index contributed by atoms with van der Waals surface area (Å²) in [7, 11) is 0. The van der Waals surface area contributed by atoms with Crippen LogP contribution in [0.25, 0.3) is 0 Å². The molecule has 2 N–H and O–H groups in total. The van der Waals surface area contributed by atoms with Crippen LogP contribution in [0.15, 0.2) is 24.3 Å². The number of rotatable bonds is 8. The molecule has 0 aliphatic rings. The zero-order chi connectivity index (χ0) is 17.4. The smallest absolute Gasteiger partial charge is 0.286 e. The van der Waals surface area contributed by atoms with Crippen LogP contribution in [0.2, 0.25) is 0 Å². The van der Waals surface area contributed by atoms with Gasteiger partial charge in [-0.15, -0.1) is 10.2 Å². The van der Waals surface area contributed by atoms with E-state index in [1.165, 1.54) is 24.3 Å². The second-order valence-electron chi connectivity index (χ2n) is 4.68. The van der Waals surface area contributed by atoms with Crippen molar-refractivity contribution in [2.45, 2.75) is 13.3 Å². The summed E-state index contributed by atoms with van der Waals surface area (Å²) in [6.07, 6.45) is 0.691. The summed E-state index contributed by atoms with van der Waals surface area (Å²) < 4.78 is 18.0. The van der Waals surface area contributed by atoms with Crippen molar-refractivity contribution in [1.82, 2.24) is 15.5 Å². The molecule has 0 atom stereocenters. The molecule has 24 heavy (non-hydrogen) atoms. The van der Waals surface area contributed by atoms with Crippen LogP contribution >= 0.6 is 11.3 Å². The number of anilines is 1. The highest BCUT2D eigenvalue weighted by molar-refractivity contribution is 7.15. The van der Waals surface area contributed by atoms with Gasteiger partial charge in [-0.1, -0.05) is 11.3 Å². The van der Waals surface area contributed by atoms with Gasteiger partial charge in [0.15, 0.2) is 0 Å². The molecular weight excluding hydrogens is 335 g/mol. The van der Waals surface area contributed by atoms with E-state index in [1.54, 1.807) is 0 Å². The van der Waals surface area contributed by atoms with Crippen LogP contribution in [0.3, 0.4) is 0 Å². The topological polar surface area (TPSA) is 93.2 Å². The van der Waals surface area contributed by atoms with Crippen molar-refractivity contribution in [2.24, 2.45) is 0 Å². The molecular formula is C15H17FN4O3S. The molecule has 0 aliphatic heterocycles. The van der Waals surface area contributed by atoms with Gasteiger partial charge in [-0.25, -0.2) is 4.39 Å². The second kappa shape index (κ2) is 9.04. The van der Waals surface area contributed by atoms with Crippen LogP contribution in [0.5, 0.6) is 0 Å². The zero-order valence-corrected chi connectivity index (χ0v) is 13.9. The molecule has 9 heteroatoms. The van der Waals surface area contributed by atoms with Gasteiger partial charge in [0.25, 0.3) is 11.8 Å². The van der Waals surface area contributed by atoms with Crippen molar-refractivity contribution in [1.29, 1.82) is 0 Å². The molecule has 0 radical (unpaired) electrons. The summed E-state index contributed by atoms with van der Waals surface area (Å²) in [6, 6.07) is 5.33. The minimum atomic E-state index is -0.505. The molecule has 7 nitrogen and oxygen atoms in total. The molecule has 128 valence electrons. The van der Waals surface area contributed by atoms with E-state index in [1.807, 2.05) is 6.92 Å². The van der Waals surface area contributed by atoms with E-state index < -0.39 is 11.7 Å². The molecule has 0 saturated carbocycles. The average molecular weight is 352 g/mol. The quantitative estimate of drug-likeness (QED) is 0.710. The van der Waals surface area contributed by atoms with Crippen molar-refractivity contribution < 1.29 is 18.7 Å². The first kappa shape index (κ1) is 18.0. The summed E-state index contributed by atoms with van der Waals surface area (Å²) in [6.45, 7) is 3.56. The maximum atomic E-state index is 12.8. The molecule has 0 saturated heterocycles. The Hall–Kier alpha value is -2.39. The Morgan fingerprint density at radius 1 is 1.17 bits per heavy atom. The Labute approximate surface area is 142 Å². The maximum Gasteiger partial charge on any atom is 0.286 e. The van der Waals surface area contributed by atoms with E-state index in [-0.39, 0.29) is 15.9 Å². The number of ether oxygens (including phenoxy) is 1. The van der Waals surface area contributed by atoms with E-state index >= 15 is 0 Å². The lowest BCUT2D eigenvalue weighted by Gasteiger charge is -2.02. The number of benzene rings is 1. The minimum Gasteiger partial charge on any atom is -0.382 e. The fourth-order valence-corrected chi connectivity index (χ4v) is 2.38. The summed E-state index contributed by atoms with van der Waals surface area (Å²) >= 11 is 0.888. The third kappa shape index (κ3) is 5.36. The van der Waals surface area contributed by atoms with Gasteiger partial charge in [-0.3, -0.25) is 9.59 Å². The van der Waals surface area contributed by atoms with Gasteiger partial charge < -0.3 is 15.4 Å². The number of nitrogens with zero attached hydrogens (tertiary/aromatic N) is 2. The van der Waals surface area contributed by atoms with Crippen LogP contribution in [-0.4, -0.2) is 41.8 Å². The van der Waals surface area contributed by atoms with Crippen molar-refractivity contribution in [3.05, 3.63) is 40.1 Å². The summed E-state index contributed by atoms with van der Waals surface area (Å²) in [5, 5.41) is 12.8. The van der Waals surface area contributed by atoms with Crippen LogP contribution < -0.4 is 10.6 Å². The Kier molecular flexibility index (Phi) is 6.76. The molecule has 2 aromatic rings. The molecule has 2 rings (SSSR count). The van der Waals surface area contributed by atoms with Crippen LogP contribution in [0.1, 0.15) is 32.9 Å². The maximum absolute atomic E-state index is 12.8. The van der Waals surface area contributed by atoms with E-state index in [4.69, 9.17) is 4.74 Å². The first-order valence-electron chi connectivity index (χ1n) is 7.36. The lowest BCUT2D eigenvalue weighted by atomic mass is 10.3. The van der Waals surface area contributed by atoms with E-state index in [0.29, 0.717) is 31.9 Å². The fourth-order valence-electron chi connectivity index (χ4n) is 1.72. The number of nitrogens with one attached hydrogen (secondary N) is 2. The molecule has 2 amide bonds. The van der Waals surface area contributed by atoms with Crippen LogP contribution in [0, 0.1) is 5.82 Å². The third-order valence-electron chi connectivity index (χ3n) is 2.87. The van der Waals surface area contributed by atoms with Crippen molar-refractivity contribution in [3.63, 3.8) is 0 Å². The van der Waals surface area contributed by atoms with Gasteiger partial charge >= 0.3 is 0 Å². The first-order chi connectivity index (χ1) is 11.6. The van der Waals surface area contributed by atoms with E-state index in [0.717, 1.165) is 11.3 Å². The molecule has 0 unspecified atom stereocenters. The molecule has 0 bridgehead atoms. The van der Waals surface area contributed by atoms with E-state index in [2.05, 4.69) is 20.8 Å². The van der Waals surface area contributed by atoms with Crippen molar-refractivity contribution in [3.8, 4) is 0 Å². The van der Waals surface area contributed by atoms with Gasteiger partial charge in [0, 0.05) is 25.4 Å². The molecule has 0 fully saturated rings. The van der Waals surface area contributed by atoms with Gasteiger partial charge in [0.1, 0.15) is 5.82 Å². The normalized spacial score (nSPS) is 10.4. The highest BCUT2D eigenvalue weighted by Gasteiger charge is 2.17. The van der Waals surface area contributed by atoms with Crippen LogP contribution in [-0.2, 0) is 4.74 Å². The molecule has 0 spiro atoms. The second-order valence-corrected chi connectivity index (χ2v) is 5.66. The highest BCUT2D eigenvalue weighted by Crippen LogP contribution is 2.14. The molecule has 1 heterocycles. The van der Waals surface area contributed by atoms with E-state index in [9.17, 15) is 14.0 Å². The Morgan fingerprint density at radius 2 is 1.83 bits per heavy atom. The van der Waals surface area contributed by atoms with Gasteiger partial charge in [0.2, 0.25) is 10.0 Å². The number of amides is 2. The number of hydrogen-bond donors (Lipinski definition) is 2. The Bertz CT molecular complexity index is 690. The zero-order valence-electron chi connectivity index (χ0n) is 13.0. The van der Waals surface area contributed by atoms with Gasteiger partial charge in [0.05, 0.1) is 0 Å². The number of hydrogen-bond acceptors (Lipinski definition) is 6. The van der Waals surface area contributed by atoms with Gasteiger partial charge in [-0.05, 0) is 37.6 Å². The lowest BCUT2D eigenvalue weighted by Crippen LogP contribution is -2.25. The predicted octanol–water partition coefficient (Wildman–Crippen LogP) is 2.09. The Balaban J connectivity index is 1.86. The van der Waals surface area contributed by atoms with Gasteiger partial charge in [-0.2, -0.15) is 0 Å². The fraction of sp³-hybridized carbons (Fsp3) is 0.333. The number of carbonyl (C=O) groups is 2. The van der Waals surface area contributed by atoms with Crippen LogP contribution in [0.4, 0.5) is 10.1 Å². The standard InChI is InChI=1S/C15H17FN4O3S/c1-2-23-9-3-8-17-12(21)14-19-20-15(24-14)13(22)18-11-6-4-10(16)5-7-11/h4-7H,2-3,8-9H2,1H3,(H,17,21)(H,18,22).